The molecule has 2 aliphatic heterocycles. The van der Waals surface area contributed by atoms with Gasteiger partial charge in [-0.3, -0.25) is 4.90 Å². The zero-order valence-electron chi connectivity index (χ0n) is 14.1. The molecule has 1 fully saturated rings. The third-order valence-corrected chi connectivity index (χ3v) is 4.60. The standard InChI is InChI=1S/C18H26ClN3O/c1-14(2)13-21-5-3-15(4-6-21)16-11-17(19)20-18(12-16)22-7-9-23-10-8-22/h3,11-12,14H,4-10,13H2,1-2H3. The van der Waals surface area contributed by atoms with E-state index in [0.717, 1.165) is 51.6 Å². The van der Waals surface area contributed by atoms with Gasteiger partial charge in [-0.05, 0) is 35.6 Å². The molecule has 4 nitrogen and oxygen atoms in total. The van der Waals surface area contributed by atoms with Crippen LogP contribution in [-0.4, -0.2) is 55.8 Å². The van der Waals surface area contributed by atoms with E-state index in [1.807, 2.05) is 6.07 Å². The lowest BCUT2D eigenvalue weighted by Gasteiger charge is -2.30. The van der Waals surface area contributed by atoms with Crippen LogP contribution in [0.3, 0.4) is 0 Å². The molecule has 3 heterocycles. The first kappa shape index (κ1) is 16.7. The van der Waals surface area contributed by atoms with Gasteiger partial charge in [-0.2, -0.15) is 0 Å². The maximum atomic E-state index is 6.28. The number of nitrogens with zero attached hydrogens (tertiary/aromatic N) is 3. The molecule has 126 valence electrons. The Morgan fingerprint density at radius 3 is 2.65 bits per heavy atom. The topological polar surface area (TPSA) is 28.6 Å². The van der Waals surface area contributed by atoms with Crippen LogP contribution in [0.25, 0.3) is 5.57 Å². The summed E-state index contributed by atoms with van der Waals surface area (Å²) >= 11 is 6.28. The summed E-state index contributed by atoms with van der Waals surface area (Å²) in [6, 6.07) is 4.18. The highest BCUT2D eigenvalue weighted by Crippen LogP contribution is 2.28. The normalized spacial score (nSPS) is 20.0. The average molecular weight is 336 g/mol. The molecule has 0 bridgehead atoms. The van der Waals surface area contributed by atoms with Gasteiger partial charge < -0.3 is 9.64 Å². The zero-order chi connectivity index (χ0) is 16.2. The van der Waals surface area contributed by atoms with Gasteiger partial charge >= 0.3 is 0 Å². The molecule has 5 heteroatoms. The van der Waals surface area contributed by atoms with E-state index in [9.17, 15) is 0 Å². The molecule has 23 heavy (non-hydrogen) atoms. The van der Waals surface area contributed by atoms with Crippen molar-refractivity contribution in [3.05, 3.63) is 28.9 Å². The molecule has 0 atom stereocenters. The van der Waals surface area contributed by atoms with E-state index in [0.29, 0.717) is 11.1 Å². The number of aromatic nitrogens is 1. The SMILES string of the molecule is CC(C)CN1CC=C(c2cc(Cl)nc(N3CCOCC3)c2)CC1. The number of hydrogen-bond acceptors (Lipinski definition) is 4. The second-order valence-electron chi connectivity index (χ2n) is 6.77. The van der Waals surface area contributed by atoms with Crippen LogP contribution in [-0.2, 0) is 4.74 Å². The maximum absolute atomic E-state index is 6.28. The van der Waals surface area contributed by atoms with Crippen LogP contribution >= 0.6 is 11.6 Å². The molecule has 1 aromatic heterocycles. The van der Waals surface area contributed by atoms with E-state index in [4.69, 9.17) is 16.3 Å². The number of morpholine rings is 1. The van der Waals surface area contributed by atoms with Gasteiger partial charge in [0.25, 0.3) is 0 Å². The Bertz CT molecular complexity index is 567. The van der Waals surface area contributed by atoms with Gasteiger partial charge in [-0.15, -0.1) is 0 Å². The number of ether oxygens (including phenoxy) is 1. The Hall–Kier alpha value is -1.10. The Balaban J connectivity index is 1.75. The monoisotopic (exact) mass is 335 g/mol. The number of rotatable bonds is 4. The Kier molecular flexibility index (Phi) is 5.57. The Morgan fingerprint density at radius 2 is 2.00 bits per heavy atom. The summed E-state index contributed by atoms with van der Waals surface area (Å²) in [5.41, 5.74) is 2.61. The van der Waals surface area contributed by atoms with Crippen LogP contribution in [0.2, 0.25) is 5.15 Å². The van der Waals surface area contributed by atoms with Gasteiger partial charge in [0.2, 0.25) is 0 Å². The minimum Gasteiger partial charge on any atom is -0.378 e. The fraction of sp³-hybridized carbons (Fsp3) is 0.611. The number of anilines is 1. The van der Waals surface area contributed by atoms with E-state index in [1.165, 1.54) is 17.7 Å². The summed E-state index contributed by atoms with van der Waals surface area (Å²) in [5.74, 6) is 1.69. The average Bonchev–Trinajstić information content (AvgIpc) is 2.55. The summed E-state index contributed by atoms with van der Waals surface area (Å²) in [5, 5.41) is 0.578. The molecule has 1 saturated heterocycles. The van der Waals surface area contributed by atoms with Gasteiger partial charge in [0, 0.05) is 32.7 Å². The predicted octanol–water partition coefficient (Wildman–Crippen LogP) is 3.32. The molecule has 0 N–H and O–H groups in total. The first-order chi connectivity index (χ1) is 11.1. The summed E-state index contributed by atoms with van der Waals surface area (Å²) in [6.07, 6.45) is 3.43. The Morgan fingerprint density at radius 1 is 1.22 bits per heavy atom. The largest absolute Gasteiger partial charge is 0.378 e. The highest BCUT2D eigenvalue weighted by Gasteiger charge is 2.17. The van der Waals surface area contributed by atoms with E-state index in [1.54, 1.807) is 0 Å². The summed E-state index contributed by atoms with van der Waals surface area (Å²) in [4.78, 5) is 9.28. The maximum Gasteiger partial charge on any atom is 0.132 e. The van der Waals surface area contributed by atoms with Gasteiger partial charge in [-0.25, -0.2) is 4.98 Å². The molecule has 3 rings (SSSR count). The van der Waals surface area contributed by atoms with Crippen LogP contribution in [0.15, 0.2) is 18.2 Å². The fourth-order valence-electron chi connectivity index (χ4n) is 3.28. The molecule has 0 aliphatic carbocycles. The van der Waals surface area contributed by atoms with Crippen LogP contribution in [0.4, 0.5) is 5.82 Å². The van der Waals surface area contributed by atoms with E-state index < -0.39 is 0 Å². The van der Waals surface area contributed by atoms with Crippen molar-refractivity contribution in [2.24, 2.45) is 5.92 Å². The summed E-state index contributed by atoms with van der Waals surface area (Å²) < 4.78 is 5.42. The van der Waals surface area contributed by atoms with Crippen LogP contribution in [0.1, 0.15) is 25.8 Å². The van der Waals surface area contributed by atoms with Crippen molar-refractivity contribution in [2.75, 3.05) is 50.8 Å². The number of halogens is 1. The highest BCUT2D eigenvalue weighted by molar-refractivity contribution is 6.29. The third-order valence-electron chi connectivity index (χ3n) is 4.40. The molecule has 0 radical (unpaired) electrons. The van der Waals surface area contributed by atoms with Crippen molar-refractivity contribution in [3.8, 4) is 0 Å². The zero-order valence-corrected chi connectivity index (χ0v) is 14.9. The van der Waals surface area contributed by atoms with E-state index in [-0.39, 0.29) is 0 Å². The first-order valence-corrected chi connectivity index (χ1v) is 8.91. The van der Waals surface area contributed by atoms with Crippen molar-refractivity contribution in [3.63, 3.8) is 0 Å². The van der Waals surface area contributed by atoms with Crippen molar-refractivity contribution < 1.29 is 4.74 Å². The van der Waals surface area contributed by atoms with Crippen molar-refractivity contribution in [2.45, 2.75) is 20.3 Å². The molecule has 0 spiro atoms. The van der Waals surface area contributed by atoms with Crippen molar-refractivity contribution in [1.82, 2.24) is 9.88 Å². The Labute approximate surface area is 144 Å². The first-order valence-electron chi connectivity index (χ1n) is 8.54. The lowest BCUT2D eigenvalue weighted by Crippen LogP contribution is -2.36. The smallest absolute Gasteiger partial charge is 0.132 e. The lowest BCUT2D eigenvalue weighted by atomic mass is 9.99. The molecule has 1 aromatic rings. The molecular formula is C18H26ClN3O. The predicted molar refractivity (Wildman–Crippen MR) is 96.2 cm³/mol. The molecule has 0 unspecified atom stereocenters. The molecule has 0 saturated carbocycles. The third kappa shape index (κ3) is 4.46. The second kappa shape index (κ2) is 7.65. The minimum absolute atomic E-state index is 0.578. The molecule has 2 aliphatic rings. The van der Waals surface area contributed by atoms with Crippen LogP contribution < -0.4 is 4.90 Å². The van der Waals surface area contributed by atoms with Gasteiger partial charge in [0.1, 0.15) is 11.0 Å². The lowest BCUT2D eigenvalue weighted by molar-refractivity contribution is 0.122. The molecule has 0 amide bonds. The van der Waals surface area contributed by atoms with Crippen LogP contribution in [0, 0.1) is 5.92 Å². The fourth-order valence-corrected chi connectivity index (χ4v) is 3.48. The van der Waals surface area contributed by atoms with Gasteiger partial charge in [0.15, 0.2) is 0 Å². The molecular weight excluding hydrogens is 310 g/mol. The number of hydrogen-bond donors (Lipinski definition) is 0. The summed E-state index contributed by atoms with van der Waals surface area (Å²) in [7, 11) is 0. The van der Waals surface area contributed by atoms with E-state index >= 15 is 0 Å². The quantitative estimate of drug-likeness (QED) is 0.789. The van der Waals surface area contributed by atoms with Gasteiger partial charge in [-0.1, -0.05) is 31.5 Å². The van der Waals surface area contributed by atoms with Crippen LogP contribution in [0.5, 0.6) is 0 Å². The summed E-state index contributed by atoms with van der Waals surface area (Å²) in [6.45, 7) is 11.2. The second-order valence-corrected chi connectivity index (χ2v) is 7.16. The van der Waals surface area contributed by atoms with Gasteiger partial charge in [0.05, 0.1) is 13.2 Å². The van der Waals surface area contributed by atoms with Crippen molar-refractivity contribution >= 4 is 23.0 Å². The highest BCUT2D eigenvalue weighted by atomic mass is 35.5. The number of pyridine rings is 1. The van der Waals surface area contributed by atoms with Crippen molar-refractivity contribution in [1.29, 1.82) is 0 Å². The minimum atomic E-state index is 0.578. The van der Waals surface area contributed by atoms with E-state index in [2.05, 4.69) is 40.8 Å². The molecule has 0 aromatic carbocycles.